The first-order valence-electron chi connectivity index (χ1n) is 5.57. The zero-order valence-electron chi connectivity index (χ0n) is 10.2. The molecule has 0 N–H and O–H groups in total. The van der Waals surface area contributed by atoms with Crippen LogP contribution in [0.4, 0.5) is 0 Å². The number of benzene rings is 1. The van der Waals surface area contributed by atoms with Gasteiger partial charge in [-0.2, -0.15) is 5.10 Å². The number of nitrogens with zero attached hydrogens (tertiary/aromatic N) is 3. The third-order valence-corrected chi connectivity index (χ3v) is 3.37. The molecule has 0 fully saturated rings. The summed E-state index contributed by atoms with van der Waals surface area (Å²) in [6.45, 7) is 3.60. The largest absolute Gasteiger partial charge is 0.270 e. The quantitative estimate of drug-likeness (QED) is 0.616. The average molecular weight is 304 g/mol. The van der Waals surface area contributed by atoms with Gasteiger partial charge in [0.25, 0.3) is 0 Å². The molecule has 0 bridgehead atoms. The summed E-state index contributed by atoms with van der Waals surface area (Å²) in [5.41, 5.74) is 4.10. The van der Waals surface area contributed by atoms with Gasteiger partial charge in [-0.05, 0) is 17.7 Å². The fourth-order valence-electron chi connectivity index (χ4n) is 1.79. The maximum absolute atomic E-state index is 4.18. The van der Waals surface area contributed by atoms with Crippen molar-refractivity contribution >= 4 is 22.6 Å². The van der Waals surface area contributed by atoms with E-state index >= 15 is 0 Å². The highest BCUT2D eigenvalue weighted by Gasteiger charge is 2.03. The Morgan fingerprint density at radius 1 is 1.17 bits per heavy atom. The molecule has 0 atom stereocenters. The standard InChI is InChI=1S/C14H14BrN3/c1-16-14-5-3-4-13(18(14)17-2)12-8-6-11(10-15)7-9-12/h3-9H,2,10H2,1H3. The molecule has 0 amide bonds. The van der Waals surface area contributed by atoms with Crippen molar-refractivity contribution in [2.75, 3.05) is 7.05 Å². The Labute approximate surface area is 115 Å². The molecule has 0 aliphatic heterocycles. The molecule has 92 valence electrons. The molecule has 2 rings (SSSR count). The Kier molecular flexibility index (Phi) is 4.10. The molecule has 0 radical (unpaired) electrons. The van der Waals surface area contributed by atoms with E-state index in [0.717, 1.165) is 22.1 Å². The molecular weight excluding hydrogens is 290 g/mol. The second kappa shape index (κ2) is 5.78. The molecule has 0 aliphatic carbocycles. The zero-order valence-corrected chi connectivity index (χ0v) is 11.8. The summed E-state index contributed by atoms with van der Waals surface area (Å²) in [7, 11) is 1.74. The molecule has 0 saturated carbocycles. The van der Waals surface area contributed by atoms with Crippen LogP contribution in [0.15, 0.2) is 52.6 Å². The van der Waals surface area contributed by atoms with Gasteiger partial charge in [0.2, 0.25) is 0 Å². The first-order valence-corrected chi connectivity index (χ1v) is 6.69. The number of hydrogen-bond acceptors (Lipinski definition) is 2. The predicted molar refractivity (Wildman–Crippen MR) is 78.9 cm³/mol. The zero-order chi connectivity index (χ0) is 13.0. The first-order chi connectivity index (χ1) is 8.80. The third-order valence-electron chi connectivity index (χ3n) is 2.72. The van der Waals surface area contributed by atoms with Crippen molar-refractivity contribution in [3.05, 3.63) is 53.5 Å². The second-order valence-corrected chi connectivity index (χ2v) is 4.34. The fraction of sp³-hybridized carbons (Fsp3) is 0.143. The Hall–Kier alpha value is -1.68. The minimum atomic E-state index is 0.784. The van der Waals surface area contributed by atoms with Gasteiger partial charge in [-0.1, -0.05) is 46.3 Å². The second-order valence-electron chi connectivity index (χ2n) is 3.78. The van der Waals surface area contributed by atoms with Crippen LogP contribution in [0, 0.1) is 0 Å². The van der Waals surface area contributed by atoms with E-state index < -0.39 is 0 Å². The number of halogens is 1. The lowest BCUT2D eigenvalue weighted by molar-refractivity contribution is 0.816. The monoisotopic (exact) mass is 303 g/mol. The van der Waals surface area contributed by atoms with Crippen molar-refractivity contribution in [3.63, 3.8) is 0 Å². The Morgan fingerprint density at radius 3 is 2.44 bits per heavy atom. The van der Waals surface area contributed by atoms with E-state index in [0.29, 0.717) is 0 Å². The first kappa shape index (κ1) is 12.8. The predicted octanol–water partition coefficient (Wildman–Crippen LogP) is 3.04. The normalized spacial score (nSPS) is 11.6. The van der Waals surface area contributed by atoms with Crippen LogP contribution < -0.4 is 5.49 Å². The highest BCUT2D eigenvalue weighted by Crippen LogP contribution is 2.19. The van der Waals surface area contributed by atoms with E-state index in [1.165, 1.54) is 5.56 Å². The molecule has 0 aliphatic rings. The average Bonchev–Trinajstić information content (AvgIpc) is 2.46. The highest BCUT2D eigenvalue weighted by molar-refractivity contribution is 9.08. The van der Waals surface area contributed by atoms with Gasteiger partial charge in [0.15, 0.2) is 0 Å². The maximum atomic E-state index is 4.18. The van der Waals surface area contributed by atoms with Crippen LogP contribution in [-0.4, -0.2) is 18.4 Å². The van der Waals surface area contributed by atoms with Gasteiger partial charge in [-0.3, -0.25) is 4.99 Å². The number of pyridine rings is 1. The van der Waals surface area contributed by atoms with Crippen LogP contribution in [0.25, 0.3) is 11.3 Å². The van der Waals surface area contributed by atoms with Crippen molar-refractivity contribution in [1.29, 1.82) is 0 Å². The maximum Gasteiger partial charge on any atom is 0.149 e. The minimum Gasteiger partial charge on any atom is -0.270 e. The Balaban J connectivity index is 2.59. The van der Waals surface area contributed by atoms with Gasteiger partial charge < -0.3 is 0 Å². The lowest BCUT2D eigenvalue weighted by Crippen LogP contribution is -2.17. The lowest BCUT2D eigenvalue weighted by atomic mass is 10.1. The Morgan fingerprint density at radius 2 is 1.89 bits per heavy atom. The van der Waals surface area contributed by atoms with Gasteiger partial charge in [-0.25, -0.2) is 4.68 Å². The summed E-state index contributed by atoms with van der Waals surface area (Å²) >= 11 is 3.44. The van der Waals surface area contributed by atoms with Crippen LogP contribution in [0.3, 0.4) is 0 Å². The van der Waals surface area contributed by atoms with Gasteiger partial charge in [0.1, 0.15) is 5.49 Å². The number of hydrogen-bond donors (Lipinski definition) is 0. The summed E-state index contributed by atoms with van der Waals surface area (Å²) in [5.74, 6) is 0. The molecule has 0 spiro atoms. The molecule has 0 unspecified atom stereocenters. The van der Waals surface area contributed by atoms with Gasteiger partial charge in [0.05, 0.1) is 5.69 Å². The van der Waals surface area contributed by atoms with Gasteiger partial charge >= 0.3 is 0 Å². The molecule has 3 nitrogen and oxygen atoms in total. The van der Waals surface area contributed by atoms with Crippen LogP contribution in [-0.2, 0) is 5.33 Å². The van der Waals surface area contributed by atoms with Gasteiger partial charge in [-0.15, -0.1) is 0 Å². The summed E-state index contributed by atoms with van der Waals surface area (Å²) in [4.78, 5) is 4.18. The molecule has 18 heavy (non-hydrogen) atoms. The van der Waals surface area contributed by atoms with E-state index in [-0.39, 0.29) is 0 Å². The van der Waals surface area contributed by atoms with Crippen molar-refractivity contribution in [2.24, 2.45) is 10.1 Å². The summed E-state index contributed by atoms with van der Waals surface area (Å²) in [6.07, 6.45) is 0. The van der Waals surface area contributed by atoms with E-state index in [2.05, 4.69) is 57.0 Å². The molecule has 1 aromatic heterocycles. The van der Waals surface area contributed by atoms with Gasteiger partial charge in [0, 0.05) is 24.7 Å². The van der Waals surface area contributed by atoms with E-state index in [1.807, 2.05) is 18.2 Å². The highest BCUT2D eigenvalue weighted by atomic mass is 79.9. The number of rotatable bonds is 3. The topological polar surface area (TPSA) is 29.6 Å². The van der Waals surface area contributed by atoms with Crippen molar-refractivity contribution in [3.8, 4) is 11.3 Å². The smallest absolute Gasteiger partial charge is 0.149 e. The number of aromatic nitrogens is 1. The van der Waals surface area contributed by atoms with E-state index in [1.54, 1.807) is 11.7 Å². The molecule has 1 heterocycles. The fourth-order valence-corrected chi connectivity index (χ4v) is 2.16. The summed E-state index contributed by atoms with van der Waals surface area (Å²) < 4.78 is 1.74. The molecule has 0 saturated heterocycles. The van der Waals surface area contributed by atoms with Crippen molar-refractivity contribution in [1.82, 2.24) is 4.68 Å². The van der Waals surface area contributed by atoms with Crippen LogP contribution in [0.1, 0.15) is 5.56 Å². The number of alkyl halides is 1. The molecule has 1 aromatic carbocycles. The van der Waals surface area contributed by atoms with Crippen LogP contribution in [0.2, 0.25) is 0 Å². The van der Waals surface area contributed by atoms with Crippen LogP contribution >= 0.6 is 15.9 Å². The van der Waals surface area contributed by atoms with Crippen molar-refractivity contribution in [2.45, 2.75) is 5.33 Å². The minimum absolute atomic E-state index is 0.784. The molecule has 4 heteroatoms. The SMILES string of the molecule is C=Nn1c(-c2ccc(CBr)cc2)cccc1=NC. The molecule has 2 aromatic rings. The molecular formula is C14H14BrN3. The third kappa shape index (κ3) is 2.43. The van der Waals surface area contributed by atoms with Crippen molar-refractivity contribution < 1.29 is 0 Å². The summed E-state index contributed by atoms with van der Waals surface area (Å²) in [6, 6.07) is 14.2. The van der Waals surface area contributed by atoms with E-state index in [4.69, 9.17) is 0 Å². The van der Waals surface area contributed by atoms with Crippen LogP contribution in [0.5, 0.6) is 0 Å². The summed E-state index contributed by atoms with van der Waals surface area (Å²) in [5, 5.41) is 4.88. The van der Waals surface area contributed by atoms with E-state index in [9.17, 15) is 0 Å². The lowest BCUT2D eigenvalue weighted by Gasteiger charge is -2.09. The Bertz CT molecular complexity index is 612.